The van der Waals surface area contributed by atoms with Crippen molar-refractivity contribution in [3.63, 3.8) is 0 Å². The van der Waals surface area contributed by atoms with Gasteiger partial charge in [0.15, 0.2) is 6.23 Å². The van der Waals surface area contributed by atoms with Gasteiger partial charge in [0.2, 0.25) is 41.4 Å². The van der Waals surface area contributed by atoms with Crippen molar-refractivity contribution in [2.45, 2.75) is 189 Å². The van der Waals surface area contributed by atoms with Crippen molar-refractivity contribution in [2.24, 2.45) is 94.7 Å². The molecule has 8 rings (SSSR count). The molecule has 516 valence electrons. The molecule has 1 aromatic carbocycles. The number of imidazole rings is 1. The molecule has 6 aliphatic heterocycles. The Morgan fingerprint density at radius 1 is 0.809 bits per heavy atom. The molecule has 2 unspecified atom stereocenters. The number of amides is 7. The molecule has 0 radical (unpaired) electrons. The fraction of sp³-hybridized carbons (Fsp3) is 0.619. The number of aliphatic hydroxyl groups is 2. The monoisotopic (exact) mass is 1390 g/mol. The number of aryl methyl sites for hydroxylation is 2. The van der Waals surface area contributed by atoms with E-state index in [2.05, 4.69) is 10.3 Å². The summed E-state index contributed by atoms with van der Waals surface area (Å²) >= 11 is 0. The molecule has 2 aromatic rings. The van der Waals surface area contributed by atoms with Crippen molar-refractivity contribution in [3.05, 3.63) is 75.8 Å². The van der Waals surface area contributed by atoms with E-state index in [1.807, 2.05) is 80.5 Å². The zero-order valence-corrected chi connectivity index (χ0v) is 57.6. The van der Waals surface area contributed by atoms with Crippen molar-refractivity contribution in [1.29, 1.82) is 5.26 Å². The molecule has 2 fully saturated rings. The smallest absolute Gasteiger partial charge is 0.756 e. The van der Waals surface area contributed by atoms with Crippen molar-refractivity contribution < 1.29 is 83.8 Å². The van der Waals surface area contributed by atoms with Gasteiger partial charge in [-0.1, -0.05) is 47.1 Å². The third kappa shape index (κ3) is 15.1. The van der Waals surface area contributed by atoms with Crippen LogP contribution in [0.2, 0.25) is 0 Å². The number of benzene rings is 1. The number of carbonyl (C=O) groups excluding carboxylic acids is 7. The number of halogens is 1. The molecule has 0 aliphatic carbocycles. The van der Waals surface area contributed by atoms with Gasteiger partial charge in [0.25, 0.3) is 7.82 Å². The summed E-state index contributed by atoms with van der Waals surface area (Å²) in [7, 11) is -5.32. The van der Waals surface area contributed by atoms with Crippen LogP contribution < -0.4 is 44.6 Å². The first-order chi connectivity index (χ1) is 42.8. The quantitative estimate of drug-likeness (QED) is 0.0477. The first-order valence-electron chi connectivity index (χ1n) is 30.7. The van der Waals surface area contributed by atoms with Crippen LogP contribution in [0, 0.1) is 71.0 Å². The van der Waals surface area contributed by atoms with Gasteiger partial charge in [-0.3, -0.25) is 53.1 Å². The molecule has 31 heteroatoms. The number of ether oxygens (including phenoxy) is 1. The summed E-state index contributed by atoms with van der Waals surface area (Å²) in [6.07, 6.45) is -4.79. The largest absolute Gasteiger partial charge is 3.00 e. The number of nitrogens with zero attached hydrogens (tertiary/aromatic N) is 7. The third-order valence-corrected chi connectivity index (χ3v) is 21.6. The number of rotatable bonds is 26. The fourth-order valence-electron chi connectivity index (χ4n) is 15.3. The van der Waals surface area contributed by atoms with Gasteiger partial charge in [0.1, 0.15) is 18.3 Å². The molecule has 0 saturated carbocycles. The summed E-state index contributed by atoms with van der Waals surface area (Å²) in [6.45, 7) is 23.7. The van der Waals surface area contributed by atoms with Crippen LogP contribution in [0.5, 0.6) is 0 Å². The van der Waals surface area contributed by atoms with E-state index in [-0.39, 0.29) is 106 Å². The average Bonchev–Trinajstić information content (AvgIpc) is 1.53. The number of carbonyl (C=O) groups is 7. The number of aliphatic imine (C=N–C) groups is 3. The van der Waals surface area contributed by atoms with Crippen LogP contribution in [0.1, 0.15) is 150 Å². The Hall–Kier alpha value is -6.71. The Morgan fingerprint density at radius 3 is 1.95 bits per heavy atom. The maximum Gasteiger partial charge on any atom is 3.00 e. The van der Waals surface area contributed by atoms with Crippen molar-refractivity contribution in [2.75, 3.05) is 13.2 Å². The molecule has 6 aliphatic rings. The number of fused-ring (bicyclic) bond motifs is 7. The second-order valence-electron chi connectivity index (χ2n) is 27.0. The molecule has 8 bridgehead atoms. The molecule has 2 saturated heterocycles. The number of aliphatic hydroxyl groups excluding tert-OH is 2. The number of hydrogen-bond acceptors (Lipinski definition) is 19. The zero-order valence-electron chi connectivity index (χ0n) is 54.9. The average molecular weight is 1390 g/mol. The minimum absolute atomic E-state index is 0. The first kappa shape index (κ1) is 78.0. The number of phosphoric acid groups is 1. The second-order valence-corrected chi connectivity index (χ2v) is 28.3. The third-order valence-electron chi connectivity index (χ3n) is 20.5. The number of allylic oxidation sites excluding steroid dienone is 6. The molecule has 15 N–H and O–H groups in total. The van der Waals surface area contributed by atoms with Gasteiger partial charge in [-0.15, -0.1) is 12.4 Å². The number of phosphoric ester groups is 1. The van der Waals surface area contributed by atoms with Crippen LogP contribution in [0.15, 0.2) is 67.8 Å². The van der Waals surface area contributed by atoms with Crippen LogP contribution in [0.25, 0.3) is 16.4 Å². The Kier molecular flexibility index (Phi) is 24.7. The van der Waals surface area contributed by atoms with Crippen LogP contribution in [-0.2, 0) is 68.7 Å². The molecule has 94 heavy (non-hydrogen) atoms. The van der Waals surface area contributed by atoms with E-state index in [1.165, 1.54) is 17.8 Å². The van der Waals surface area contributed by atoms with Gasteiger partial charge in [-0.25, -0.2) is 4.98 Å². The predicted octanol–water partition coefficient (Wildman–Crippen LogP) is 3.83. The van der Waals surface area contributed by atoms with Crippen LogP contribution in [0.3, 0.4) is 0 Å². The standard InChI is InChI=1S/C62H90N13O14P.CN.ClH.Co/c1-29-20-39-40(21-30(29)2)75(28-70-39)57-52(84)53(41(27-76)87-57)89-90(85,86)88-31(3)26-69-49(83)18-19-59(8)37(22-46(66)80)56-62(11)61(10,25-48(68)82)36(14-17-45(65)79)51(74-62)33(5)55-60(9,24-47(67)81)34(12-15-43(63)77)38(71-55)23-42-58(6,7)35(13-16-44(64)78)50(72-42)32(4)54(59)73-56;1-2;;/h20-21,23,28,31,34-37,41,52-53,56-57,76,84H,12-19,22,24-27H2,1-11H3,(H15,63,64,65,66,67,68,69,71,72,73,74,77,78,79,80,81,82,83,85,86);;1H;/q;-1;;+3/p-2/t31?,34-,35-,36-,37+,41-,52-,53-,56-,57+,59-,60+,61+,62+;;;/m1.../s1. The minimum Gasteiger partial charge on any atom is -0.756 e. The van der Waals surface area contributed by atoms with E-state index in [0.29, 0.717) is 56.4 Å². The summed E-state index contributed by atoms with van der Waals surface area (Å²) < 4.78 is 31.9. The molecule has 28 nitrogen and oxygen atoms in total. The Bertz CT molecular complexity index is 3610. The van der Waals surface area contributed by atoms with E-state index < -0.39 is 143 Å². The molecule has 0 spiro atoms. The van der Waals surface area contributed by atoms with Crippen LogP contribution >= 0.6 is 20.2 Å². The van der Waals surface area contributed by atoms with Crippen molar-refractivity contribution in [3.8, 4) is 0 Å². The minimum atomic E-state index is -5.32. The summed E-state index contributed by atoms with van der Waals surface area (Å²) in [4.78, 5) is 128. The van der Waals surface area contributed by atoms with E-state index in [0.717, 1.165) is 11.1 Å². The van der Waals surface area contributed by atoms with Gasteiger partial charge < -0.3 is 90.3 Å². The number of hydrogen-bond donors (Lipinski definition) is 9. The molecule has 1 aromatic heterocycles. The second kappa shape index (κ2) is 29.7. The number of primary amides is 6. The number of nitrogens with two attached hydrogens (primary N) is 6. The molecule has 15 atom stereocenters. The Labute approximate surface area is 563 Å². The Balaban J connectivity index is 0.00000396. The number of aromatic nitrogens is 2. The summed E-state index contributed by atoms with van der Waals surface area (Å²) in [5, 5.41) is 36.4. The van der Waals surface area contributed by atoms with Crippen LogP contribution in [0.4, 0.5) is 0 Å². The van der Waals surface area contributed by atoms with Crippen molar-refractivity contribution >= 4 is 89.7 Å². The maximum absolute atomic E-state index is 14.4. The van der Waals surface area contributed by atoms with E-state index in [4.69, 9.17) is 80.3 Å². The van der Waals surface area contributed by atoms with Gasteiger partial charge >= 0.3 is 16.8 Å². The summed E-state index contributed by atoms with van der Waals surface area (Å²) in [5.41, 5.74) is 36.7. The van der Waals surface area contributed by atoms with Crippen molar-refractivity contribution in [1.82, 2.24) is 14.9 Å². The van der Waals surface area contributed by atoms with E-state index in [1.54, 1.807) is 6.92 Å². The van der Waals surface area contributed by atoms with Crippen LogP contribution in [-0.4, -0.2) is 127 Å². The maximum atomic E-state index is 14.4. The van der Waals surface area contributed by atoms with Gasteiger partial charge in [0, 0.05) is 114 Å². The SMILES string of the molecule is C/C1=C2N=C(/C=C3N=C(/C(C)=C4\[N-][C@@](C)([C@@H]5N=C1[C@](C)(CCC(=O)NCC(C)OP(=O)([O-])O[C@H]1[C@@H](O)[C@@H](n6cnc7cc(C)c(C)cc76)O[C@@H]1CO)[C@H]5CC(N)=O)[C@@](C)(CC(N)=O)[C@@H]4CCC(N)=O)[C@@](C)(CC(N)=O)[C@@H]\3CCC(N)=O)C(C)(C)[C@@H]/2CCC(N)=O.Cl.[C-]#N.[Co+3]. The zero-order chi connectivity index (χ0) is 68.7. The van der Waals surface area contributed by atoms with Gasteiger partial charge in [-0.05, 0) is 118 Å². The molecule has 7 heterocycles. The van der Waals surface area contributed by atoms with E-state index >= 15 is 0 Å². The van der Waals surface area contributed by atoms with Gasteiger partial charge in [0.05, 0.1) is 30.1 Å². The number of nitrogens with one attached hydrogen (secondary N) is 1. The molecule has 7 amide bonds. The summed E-state index contributed by atoms with van der Waals surface area (Å²) in [5.74, 6) is -7.40. The molecular formula is C63H89ClCoN14O14P. The topological polar surface area (TPSA) is 489 Å². The Morgan fingerprint density at radius 2 is 1.38 bits per heavy atom. The predicted molar refractivity (Wildman–Crippen MR) is 344 cm³/mol. The molecular weight excluding hydrogens is 1300 g/mol. The van der Waals surface area contributed by atoms with Gasteiger partial charge in [-0.2, -0.15) is 5.70 Å². The summed E-state index contributed by atoms with van der Waals surface area (Å²) in [6, 6.07) is 2.65. The van der Waals surface area contributed by atoms with E-state index in [9.17, 15) is 53.2 Å². The fourth-order valence-corrected chi connectivity index (χ4v) is 16.4. The normalized spacial score (nSPS) is 32.8. The first-order valence-corrected chi connectivity index (χ1v) is 32.2.